The Morgan fingerprint density at radius 1 is 1.39 bits per heavy atom. The first-order valence-corrected chi connectivity index (χ1v) is 6.36. The largest absolute Gasteiger partial charge is 0.384 e. The van der Waals surface area contributed by atoms with Crippen molar-refractivity contribution >= 4 is 11.7 Å². The van der Waals surface area contributed by atoms with Crippen molar-refractivity contribution in [3.05, 3.63) is 23.4 Å². The van der Waals surface area contributed by atoms with Gasteiger partial charge in [0.1, 0.15) is 5.82 Å². The number of anilines is 1. The van der Waals surface area contributed by atoms with Crippen LogP contribution in [0.3, 0.4) is 0 Å². The molecule has 0 saturated heterocycles. The number of hydrogen-bond acceptors (Lipinski definition) is 3. The first-order chi connectivity index (χ1) is 8.31. The molecular weight excluding hydrogens is 226 g/mol. The van der Waals surface area contributed by atoms with E-state index in [9.17, 15) is 4.79 Å². The molecule has 0 spiro atoms. The third-order valence-corrected chi connectivity index (χ3v) is 3.59. The molecule has 0 fully saturated rings. The molecule has 0 aromatic carbocycles. The van der Waals surface area contributed by atoms with Crippen LogP contribution in [0, 0.1) is 0 Å². The molecule has 1 rings (SSSR count). The fraction of sp³-hybridized carbons (Fsp3) is 0.571. The lowest BCUT2D eigenvalue weighted by Gasteiger charge is -2.35. The molecule has 0 unspecified atom stereocenters. The number of nitrogens with zero attached hydrogens (tertiary/aromatic N) is 2. The van der Waals surface area contributed by atoms with Crippen molar-refractivity contribution in [1.82, 2.24) is 9.88 Å². The van der Waals surface area contributed by atoms with Crippen LogP contribution in [0.2, 0.25) is 0 Å². The number of carbonyl (C=O) groups excluding carboxylic acids is 1. The summed E-state index contributed by atoms with van der Waals surface area (Å²) in [5.74, 6) is 0.394. The second kappa shape index (κ2) is 5.38. The van der Waals surface area contributed by atoms with Crippen LogP contribution in [-0.4, -0.2) is 28.4 Å². The van der Waals surface area contributed by atoms with Crippen molar-refractivity contribution in [3.8, 4) is 0 Å². The Balaban J connectivity index is 3.07. The fourth-order valence-electron chi connectivity index (χ4n) is 1.62. The van der Waals surface area contributed by atoms with E-state index in [0.717, 1.165) is 18.5 Å². The van der Waals surface area contributed by atoms with Crippen molar-refractivity contribution in [2.24, 2.45) is 0 Å². The first-order valence-electron chi connectivity index (χ1n) is 6.36. The maximum absolute atomic E-state index is 12.4. The lowest BCUT2D eigenvalue weighted by molar-refractivity contribution is 0.0620. The van der Waals surface area contributed by atoms with Gasteiger partial charge in [0.2, 0.25) is 0 Å². The number of carbonyl (C=O) groups is 1. The highest BCUT2D eigenvalue weighted by Crippen LogP contribution is 2.20. The summed E-state index contributed by atoms with van der Waals surface area (Å²) in [6.45, 7) is 8.17. The highest BCUT2D eigenvalue weighted by molar-refractivity contribution is 5.95. The highest BCUT2D eigenvalue weighted by atomic mass is 16.2. The molecule has 0 bridgehead atoms. The predicted molar refractivity (Wildman–Crippen MR) is 74.5 cm³/mol. The first kappa shape index (κ1) is 14.5. The van der Waals surface area contributed by atoms with Gasteiger partial charge in [-0.25, -0.2) is 4.98 Å². The second-order valence-electron chi connectivity index (χ2n) is 5.16. The molecule has 1 heterocycles. The van der Waals surface area contributed by atoms with Crippen molar-refractivity contribution < 1.29 is 4.79 Å². The topological polar surface area (TPSA) is 59.2 Å². The number of nitrogens with two attached hydrogens (primary N) is 1. The molecule has 1 aromatic heterocycles. The molecule has 0 aliphatic rings. The second-order valence-corrected chi connectivity index (χ2v) is 5.16. The van der Waals surface area contributed by atoms with Gasteiger partial charge in [0, 0.05) is 23.8 Å². The zero-order valence-electron chi connectivity index (χ0n) is 11.9. The van der Waals surface area contributed by atoms with Gasteiger partial charge in [0.25, 0.3) is 5.91 Å². The van der Waals surface area contributed by atoms with E-state index in [4.69, 9.17) is 5.73 Å². The van der Waals surface area contributed by atoms with Gasteiger partial charge in [-0.15, -0.1) is 0 Å². The zero-order chi connectivity index (χ0) is 13.9. The van der Waals surface area contributed by atoms with Gasteiger partial charge in [0.15, 0.2) is 0 Å². The van der Waals surface area contributed by atoms with E-state index in [0.29, 0.717) is 11.4 Å². The van der Waals surface area contributed by atoms with Crippen LogP contribution in [0.4, 0.5) is 5.82 Å². The van der Waals surface area contributed by atoms with Gasteiger partial charge in [-0.05, 0) is 38.8 Å². The van der Waals surface area contributed by atoms with E-state index in [1.54, 1.807) is 11.0 Å². The minimum atomic E-state index is -0.165. The van der Waals surface area contributed by atoms with E-state index in [1.807, 2.05) is 20.0 Å². The van der Waals surface area contributed by atoms with Crippen LogP contribution in [0.1, 0.15) is 50.2 Å². The molecular formula is C14H23N3O. The fourth-order valence-corrected chi connectivity index (χ4v) is 1.62. The summed E-state index contributed by atoms with van der Waals surface area (Å²) in [7, 11) is 1.83. The third kappa shape index (κ3) is 3.00. The number of rotatable bonds is 4. The van der Waals surface area contributed by atoms with Gasteiger partial charge in [-0.3, -0.25) is 4.79 Å². The van der Waals surface area contributed by atoms with E-state index < -0.39 is 0 Å². The molecule has 0 saturated carbocycles. The van der Waals surface area contributed by atoms with Crippen LogP contribution >= 0.6 is 0 Å². The molecule has 1 amide bonds. The van der Waals surface area contributed by atoms with Gasteiger partial charge in [-0.2, -0.15) is 0 Å². The van der Waals surface area contributed by atoms with Crippen molar-refractivity contribution in [1.29, 1.82) is 0 Å². The van der Waals surface area contributed by atoms with E-state index in [2.05, 4.69) is 25.8 Å². The Labute approximate surface area is 109 Å². The summed E-state index contributed by atoms with van der Waals surface area (Å²) in [5.41, 5.74) is 7.03. The summed E-state index contributed by atoms with van der Waals surface area (Å²) in [5, 5.41) is 0. The minimum Gasteiger partial charge on any atom is -0.384 e. The molecule has 4 nitrogen and oxygen atoms in total. The Morgan fingerprint density at radius 3 is 2.50 bits per heavy atom. The summed E-state index contributed by atoms with van der Waals surface area (Å²) < 4.78 is 0. The number of aryl methyl sites for hydroxylation is 1. The maximum Gasteiger partial charge on any atom is 0.254 e. The SMILES string of the molecule is CCc1cc(C(=O)N(C)C(C)(C)CC)cc(N)n1. The van der Waals surface area contributed by atoms with Crippen LogP contribution in [0.5, 0.6) is 0 Å². The van der Waals surface area contributed by atoms with Gasteiger partial charge >= 0.3 is 0 Å². The third-order valence-electron chi connectivity index (χ3n) is 3.59. The molecule has 0 atom stereocenters. The van der Waals surface area contributed by atoms with Crippen LogP contribution in [0.25, 0.3) is 0 Å². The molecule has 100 valence electrons. The lowest BCUT2D eigenvalue weighted by Crippen LogP contribution is -2.44. The summed E-state index contributed by atoms with van der Waals surface area (Å²) >= 11 is 0. The molecule has 0 aliphatic heterocycles. The van der Waals surface area contributed by atoms with Crippen molar-refractivity contribution in [2.75, 3.05) is 12.8 Å². The highest BCUT2D eigenvalue weighted by Gasteiger charge is 2.26. The summed E-state index contributed by atoms with van der Waals surface area (Å²) in [6, 6.07) is 3.46. The average molecular weight is 249 g/mol. The quantitative estimate of drug-likeness (QED) is 0.891. The molecule has 0 radical (unpaired) electrons. The zero-order valence-corrected chi connectivity index (χ0v) is 11.9. The number of amides is 1. The van der Waals surface area contributed by atoms with Gasteiger partial charge < -0.3 is 10.6 Å². The van der Waals surface area contributed by atoms with Gasteiger partial charge in [0.05, 0.1) is 0 Å². The maximum atomic E-state index is 12.4. The molecule has 18 heavy (non-hydrogen) atoms. The van der Waals surface area contributed by atoms with Crippen molar-refractivity contribution in [2.45, 2.75) is 46.1 Å². The summed E-state index contributed by atoms with van der Waals surface area (Å²) in [6.07, 6.45) is 1.67. The Bertz CT molecular complexity index is 441. The normalized spacial score (nSPS) is 11.4. The van der Waals surface area contributed by atoms with Crippen LogP contribution in [-0.2, 0) is 6.42 Å². The summed E-state index contributed by atoms with van der Waals surface area (Å²) in [4.78, 5) is 18.4. The number of hydrogen-bond donors (Lipinski definition) is 1. The molecule has 0 aliphatic carbocycles. The van der Waals surface area contributed by atoms with E-state index >= 15 is 0 Å². The monoisotopic (exact) mass is 249 g/mol. The average Bonchev–Trinajstić information content (AvgIpc) is 2.36. The molecule has 4 heteroatoms. The Morgan fingerprint density at radius 2 is 2.00 bits per heavy atom. The van der Waals surface area contributed by atoms with Crippen molar-refractivity contribution in [3.63, 3.8) is 0 Å². The minimum absolute atomic E-state index is 0.00866. The van der Waals surface area contributed by atoms with Gasteiger partial charge in [-0.1, -0.05) is 13.8 Å². The van der Waals surface area contributed by atoms with E-state index in [1.165, 1.54) is 0 Å². The molecule has 1 aromatic rings. The smallest absolute Gasteiger partial charge is 0.254 e. The predicted octanol–water partition coefficient (Wildman–Crippen LogP) is 2.49. The number of pyridine rings is 1. The standard InChI is InChI=1S/C14H23N3O/c1-6-11-8-10(9-12(15)16-11)13(18)17(5)14(3,4)7-2/h8-9H,6-7H2,1-5H3,(H2,15,16). The van der Waals surface area contributed by atoms with Crippen LogP contribution < -0.4 is 5.73 Å². The lowest BCUT2D eigenvalue weighted by atomic mass is 9.99. The Hall–Kier alpha value is -1.58. The number of nitrogen functional groups attached to an aromatic ring is 1. The van der Waals surface area contributed by atoms with E-state index in [-0.39, 0.29) is 11.4 Å². The van der Waals surface area contributed by atoms with Crippen LogP contribution in [0.15, 0.2) is 12.1 Å². The number of aromatic nitrogens is 1. The Kier molecular flexibility index (Phi) is 4.33. The molecule has 2 N–H and O–H groups in total.